The largest absolute Gasteiger partial charge is 0.506 e. The average molecular weight is 602 g/mol. The fourth-order valence-electron chi connectivity index (χ4n) is 9.54. The number of phenolic OH excluding ortho intramolecular Hbond substituents is 1. The van der Waals surface area contributed by atoms with Crippen molar-refractivity contribution in [3.05, 3.63) is 59.3 Å². The van der Waals surface area contributed by atoms with E-state index in [9.17, 15) is 14.7 Å². The molecule has 1 spiro atoms. The number of nitrogens with one attached hydrogen (secondary N) is 1. The van der Waals surface area contributed by atoms with Crippen LogP contribution in [0.2, 0.25) is 0 Å². The Kier molecular flexibility index (Phi) is 4.63. The number of amides is 2. The van der Waals surface area contributed by atoms with Crippen LogP contribution in [-0.4, -0.2) is 46.8 Å². The van der Waals surface area contributed by atoms with Gasteiger partial charge in [-0.15, -0.1) is 23.2 Å². The van der Waals surface area contributed by atoms with E-state index in [0.717, 1.165) is 57.1 Å². The second kappa shape index (κ2) is 7.74. The molecular formula is C33H30Cl2N4O3. The van der Waals surface area contributed by atoms with Crippen LogP contribution in [0.4, 0.5) is 17.1 Å². The normalized spacial score (nSPS) is 31.5. The molecule has 9 rings (SSSR count). The molecule has 5 atom stereocenters. The Balaban J connectivity index is 1.04. The molecule has 2 amide bonds. The van der Waals surface area contributed by atoms with E-state index in [-0.39, 0.29) is 34.8 Å². The van der Waals surface area contributed by atoms with Gasteiger partial charge in [0.2, 0.25) is 11.8 Å². The van der Waals surface area contributed by atoms with Gasteiger partial charge < -0.3 is 25.6 Å². The first kappa shape index (κ1) is 25.1. The van der Waals surface area contributed by atoms with Gasteiger partial charge in [0.05, 0.1) is 22.0 Å². The number of aromatic nitrogens is 1. The maximum Gasteiger partial charge on any atom is 0.233 e. The van der Waals surface area contributed by atoms with E-state index in [1.807, 2.05) is 47.2 Å². The molecule has 42 heavy (non-hydrogen) atoms. The summed E-state index contributed by atoms with van der Waals surface area (Å²) in [5.74, 6) is 1.12. The lowest BCUT2D eigenvalue weighted by Crippen LogP contribution is -2.49. The number of rotatable bonds is 4. The number of phenols is 1. The fourth-order valence-corrected chi connectivity index (χ4v) is 10.0. The molecule has 9 heteroatoms. The van der Waals surface area contributed by atoms with Gasteiger partial charge in [-0.05, 0) is 54.3 Å². The molecule has 214 valence electrons. The highest BCUT2D eigenvalue weighted by Crippen LogP contribution is 3.01. The second-order valence-corrected chi connectivity index (χ2v) is 13.9. The van der Waals surface area contributed by atoms with Gasteiger partial charge in [0.15, 0.2) is 0 Å². The number of carbonyl (C=O) groups is 2. The van der Waals surface area contributed by atoms with Crippen molar-refractivity contribution < 1.29 is 14.7 Å². The van der Waals surface area contributed by atoms with Crippen LogP contribution in [0.25, 0.3) is 21.7 Å². The Bertz CT molecular complexity index is 1940. The third kappa shape index (κ3) is 2.63. The second-order valence-electron chi connectivity index (χ2n) is 13.3. The summed E-state index contributed by atoms with van der Waals surface area (Å²) in [6.07, 6.45) is 3.92. The van der Waals surface area contributed by atoms with E-state index in [1.54, 1.807) is 6.07 Å². The minimum absolute atomic E-state index is 0.0196. The summed E-state index contributed by atoms with van der Waals surface area (Å²) < 4.78 is 0. The molecule has 0 bridgehead atoms. The Hall–Kier alpha value is -3.42. The van der Waals surface area contributed by atoms with Crippen LogP contribution < -0.4 is 15.5 Å². The molecule has 3 heterocycles. The SMILES string of the molecule is Cc1c[nH]c2c(O)cc3c(c12)C(CCl)CN3C(=O)C12CC3(C(=O)N4C[C@@H](CCl)c5c4cc(N)c4ccccc54)CC31C2. The number of anilines is 3. The lowest BCUT2D eigenvalue weighted by Gasteiger charge is -2.37. The third-order valence-corrected chi connectivity index (χ3v) is 12.3. The van der Waals surface area contributed by atoms with E-state index in [1.165, 1.54) is 0 Å². The zero-order valence-corrected chi connectivity index (χ0v) is 24.6. The molecule has 2 aliphatic heterocycles. The first-order chi connectivity index (χ1) is 20.2. The molecule has 4 N–H and O–H groups in total. The maximum absolute atomic E-state index is 14.3. The number of hydrogen-bond acceptors (Lipinski definition) is 4. The van der Waals surface area contributed by atoms with Crippen molar-refractivity contribution in [1.29, 1.82) is 0 Å². The predicted molar refractivity (Wildman–Crippen MR) is 166 cm³/mol. The van der Waals surface area contributed by atoms with Crippen molar-refractivity contribution in [3.63, 3.8) is 0 Å². The van der Waals surface area contributed by atoms with Gasteiger partial charge in [-0.25, -0.2) is 0 Å². The number of H-pyrrole nitrogens is 1. The number of aryl methyl sites for hydroxylation is 1. The Labute approximate surface area is 252 Å². The minimum Gasteiger partial charge on any atom is -0.506 e. The first-order valence-electron chi connectivity index (χ1n) is 14.6. The minimum atomic E-state index is -0.518. The van der Waals surface area contributed by atoms with Crippen LogP contribution in [0.1, 0.15) is 47.8 Å². The van der Waals surface area contributed by atoms with E-state index < -0.39 is 10.8 Å². The molecular weight excluding hydrogens is 571 g/mol. The van der Waals surface area contributed by atoms with Crippen molar-refractivity contribution in [2.24, 2.45) is 16.2 Å². The number of nitrogens with zero attached hydrogens (tertiary/aromatic N) is 2. The number of nitrogen functional groups attached to an aromatic ring is 1. The number of fused-ring (bicyclic) bond motifs is 6. The van der Waals surface area contributed by atoms with Crippen LogP contribution in [0.15, 0.2) is 42.6 Å². The molecule has 0 saturated heterocycles. The van der Waals surface area contributed by atoms with Gasteiger partial charge in [0.1, 0.15) is 5.75 Å². The Morgan fingerprint density at radius 3 is 2.17 bits per heavy atom. The Morgan fingerprint density at radius 1 is 0.952 bits per heavy atom. The maximum atomic E-state index is 14.3. The number of benzene rings is 3. The molecule has 7 nitrogen and oxygen atoms in total. The highest BCUT2D eigenvalue weighted by Gasteiger charge is 3.01. The molecule has 3 saturated carbocycles. The smallest absolute Gasteiger partial charge is 0.233 e. The van der Waals surface area contributed by atoms with Gasteiger partial charge in [-0.1, -0.05) is 24.3 Å². The van der Waals surface area contributed by atoms with Crippen LogP contribution in [-0.2, 0) is 9.59 Å². The standard InChI is InChI=1S/C33H30Cl2N4O3/c1-16-10-37-28-24(40)7-23-27(25(16)28)18(9-35)12-39(23)30(42)32-13-31(14-33(31,32)15-32)29(41)38-11-17(8-34)26-20-5-3-2-4-19(20)21(36)6-22(26)38/h2-7,10,17-18,37,40H,8-9,11-15,36H2,1H3/t17-,18?,31?,32?,33?/m1/s1. The summed E-state index contributed by atoms with van der Waals surface area (Å²) in [6, 6.07) is 11.7. The zero-order valence-electron chi connectivity index (χ0n) is 23.1. The summed E-state index contributed by atoms with van der Waals surface area (Å²) in [6.45, 7) is 3.02. The predicted octanol–water partition coefficient (Wildman–Crippen LogP) is 6.13. The summed E-state index contributed by atoms with van der Waals surface area (Å²) in [5.41, 5.74) is 11.3. The van der Waals surface area contributed by atoms with Gasteiger partial charge in [-0.3, -0.25) is 9.59 Å². The van der Waals surface area contributed by atoms with Gasteiger partial charge >= 0.3 is 0 Å². The summed E-state index contributed by atoms with van der Waals surface area (Å²) in [7, 11) is 0. The van der Waals surface area contributed by atoms with Crippen LogP contribution >= 0.6 is 23.2 Å². The van der Waals surface area contributed by atoms with Crippen LogP contribution in [0, 0.1) is 23.2 Å². The van der Waals surface area contributed by atoms with E-state index >= 15 is 0 Å². The van der Waals surface area contributed by atoms with Gasteiger partial charge in [0, 0.05) is 76.5 Å². The van der Waals surface area contributed by atoms with E-state index in [2.05, 4.69) is 11.1 Å². The molecule has 3 aromatic carbocycles. The summed E-state index contributed by atoms with van der Waals surface area (Å²) >= 11 is 12.9. The fraction of sp³-hybridized carbons (Fsp3) is 0.394. The number of alkyl halides is 2. The van der Waals surface area contributed by atoms with Crippen LogP contribution in [0.3, 0.4) is 0 Å². The molecule has 1 aromatic heterocycles. The average Bonchev–Trinajstić information content (AvgIpc) is 3.40. The van der Waals surface area contributed by atoms with E-state index in [0.29, 0.717) is 42.5 Å². The number of carbonyl (C=O) groups excluding carboxylic acids is 2. The lowest BCUT2D eigenvalue weighted by atomic mass is 9.72. The molecule has 4 unspecified atom stereocenters. The van der Waals surface area contributed by atoms with Crippen molar-refractivity contribution in [2.45, 2.75) is 38.0 Å². The zero-order chi connectivity index (χ0) is 28.9. The highest BCUT2D eigenvalue weighted by molar-refractivity contribution is 6.20. The number of halogens is 2. The molecule has 5 aliphatic rings. The monoisotopic (exact) mass is 600 g/mol. The van der Waals surface area contributed by atoms with E-state index in [4.69, 9.17) is 28.9 Å². The van der Waals surface area contributed by atoms with Gasteiger partial charge in [0.25, 0.3) is 0 Å². The molecule has 3 fully saturated rings. The van der Waals surface area contributed by atoms with Gasteiger partial charge in [-0.2, -0.15) is 0 Å². The third-order valence-electron chi connectivity index (χ3n) is 11.5. The van der Waals surface area contributed by atoms with Crippen molar-refractivity contribution >= 4 is 73.8 Å². The molecule has 0 radical (unpaired) electrons. The number of hydrogen-bond donors (Lipinski definition) is 3. The molecule has 4 aromatic rings. The summed E-state index contributed by atoms with van der Waals surface area (Å²) in [4.78, 5) is 35.6. The number of aromatic hydroxyl groups is 1. The number of nitrogens with two attached hydrogens (primary N) is 1. The lowest BCUT2D eigenvalue weighted by molar-refractivity contribution is -0.134. The topological polar surface area (TPSA) is 103 Å². The molecule has 3 aliphatic carbocycles. The summed E-state index contributed by atoms with van der Waals surface area (Å²) in [5, 5.41) is 13.8. The van der Waals surface area contributed by atoms with Crippen molar-refractivity contribution in [2.75, 3.05) is 40.4 Å². The quantitative estimate of drug-likeness (QED) is 0.194. The van der Waals surface area contributed by atoms with Crippen molar-refractivity contribution in [3.8, 4) is 5.75 Å². The van der Waals surface area contributed by atoms with Crippen LogP contribution in [0.5, 0.6) is 5.75 Å². The number of aromatic amines is 1. The highest BCUT2D eigenvalue weighted by atomic mass is 35.5. The Morgan fingerprint density at radius 2 is 1.55 bits per heavy atom. The van der Waals surface area contributed by atoms with Crippen molar-refractivity contribution in [1.82, 2.24) is 4.98 Å². The first-order valence-corrected chi connectivity index (χ1v) is 15.7.